The molecule has 0 aromatic heterocycles. The average Bonchev–Trinajstić information content (AvgIpc) is 2.65. The van der Waals surface area contributed by atoms with E-state index in [1.807, 2.05) is 0 Å². The smallest absolute Gasteiger partial charge is 0.00205 e. The van der Waals surface area contributed by atoms with Gasteiger partial charge in [0, 0.05) is 0 Å². The highest BCUT2D eigenvalue weighted by atomic mass is 14.9. The van der Waals surface area contributed by atoms with Crippen LogP contribution in [0.3, 0.4) is 0 Å². The van der Waals surface area contributed by atoms with Crippen LogP contribution in [0.2, 0.25) is 0 Å². The lowest BCUT2D eigenvalue weighted by Crippen LogP contribution is -2.30. The molecule has 1 fully saturated rings. The summed E-state index contributed by atoms with van der Waals surface area (Å²) < 4.78 is 0. The zero-order valence-corrected chi connectivity index (χ0v) is 9.81. The average molecular weight is 198 g/mol. The van der Waals surface area contributed by atoms with Crippen LogP contribution in [-0.4, -0.2) is 19.6 Å². The van der Waals surface area contributed by atoms with E-state index in [4.69, 9.17) is 5.73 Å². The zero-order valence-electron chi connectivity index (χ0n) is 9.81. The van der Waals surface area contributed by atoms with Crippen LogP contribution in [0.1, 0.15) is 46.0 Å². The van der Waals surface area contributed by atoms with E-state index in [0.717, 1.165) is 19.0 Å². The molecule has 1 rings (SSSR count). The molecule has 14 heavy (non-hydrogen) atoms. The summed E-state index contributed by atoms with van der Waals surface area (Å²) in [4.78, 5) is 0. The van der Waals surface area contributed by atoms with Gasteiger partial charge >= 0.3 is 0 Å². The molecule has 3 N–H and O–H groups in total. The predicted octanol–water partition coefficient (Wildman–Crippen LogP) is 2.14. The fourth-order valence-electron chi connectivity index (χ4n) is 2.05. The Kier molecular flexibility index (Phi) is 4.90. The summed E-state index contributed by atoms with van der Waals surface area (Å²) >= 11 is 0. The fraction of sp³-hybridized carbons (Fsp3) is 1.00. The molecule has 0 saturated heterocycles. The Morgan fingerprint density at radius 2 is 1.93 bits per heavy atom. The molecule has 0 spiro atoms. The van der Waals surface area contributed by atoms with Crippen LogP contribution in [0.4, 0.5) is 0 Å². The molecule has 0 radical (unpaired) electrons. The summed E-state index contributed by atoms with van der Waals surface area (Å²) in [7, 11) is 0. The van der Waals surface area contributed by atoms with Crippen LogP contribution >= 0.6 is 0 Å². The van der Waals surface area contributed by atoms with Crippen LogP contribution in [0.25, 0.3) is 0 Å². The number of rotatable bonds is 6. The first kappa shape index (κ1) is 12.0. The third-order valence-corrected chi connectivity index (χ3v) is 3.44. The number of hydrogen-bond acceptors (Lipinski definition) is 2. The van der Waals surface area contributed by atoms with Crippen molar-refractivity contribution >= 4 is 0 Å². The van der Waals surface area contributed by atoms with Gasteiger partial charge in [0.15, 0.2) is 0 Å². The highest BCUT2D eigenvalue weighted by Gasteiger charge is 2.16. The Hall–Kier alpha value is -0.0800. The van der Waals surface area contributed by atoms with E-state index >= 15 is 0 Å². The summed E-state index contributed by atoms with van der Waals surface area (Å²) in [6, 6.07) is 0. The lowest BCUT2D eigenvalue weighted by atomic mass is 9.89. The third kappa shape index (κ3) is 4.43. The molecule has 0 unspecified atom stereocenters. The summed E-state index contributed by atoms with van der Waals surface area (Å²) in [6.45, 7) is 7.62. The largest absolute Gasteiger partial charge is 0.330 e. The van der Waals surface area contributed by atoms with Crippen molar-refractivity contribution < 1.29 is 0 Å². The van der Waals surface area contributed by atoms with Gasteiger partial charge in [0.05, 0.1) is 0 Å². The van der Waals surface area contributed by atoms with Crippen molar-refractivity contribution in [1.29, 1.82) is 0 Å². The van der Waals surface area contributed by atoms with Crippen LogP contribution in [-0.2, 0) is 0 Å². The number of nitrogens with one attached hydrogen (secondary N) is 1. The standard InChI is InChI=1S/C12H26N2/c1-12(2,10-13)7-8-14-9-11-5-3-4-6-11/h11,14H,3-10,13H2,1-2H3. The maximum atomic E-state index is 5.68. The quantitative estimate of drug-likeness (QED) is 0.642. The van der Waals surface area contributed by atoms with Crippen molar-refractivity contribution in [3.63, 3.8) is 0 Å². The Balaban J connectivity index is 1.98. The van der Waals surface area contributed by atoms with Gasteiger partial charge in [-0.1, -0.05) is 26.7 Å². The first-order valence-electron chi connectivity index (χ1n) is 6.05. The minimum Gasteiger partial charge on any atom is -0.330 e. The van der Waals surface area contributed by atoms with Crippen molar-refractivity contribution in [3.8, 4) is 0 Å². The van der Waals surface area contributed by atoms with Gasteiger partial charge in [-0.05, 0) is 50.2 Å². The molecule has 0 aliphatic heterocycles. The first-order valence-corrected chi connectivity index (χ1v) is 6.05. The second-order valence-corrected chi connectivity index (χ2v) is 5.47. The van der Waals surface area contributed by atoms with Gasteiger partial charge in [-0.2, -0.15) is 0 Å². The van der Waals surface area contributed by atoms with Crippen molar-refractivity contribution in [2.24, 2.45) is 17.1 Å². The van der Waals surface area contributed by atoms with Crippen LogP contribution in [0.5, 0.6) is 0 Å². The molecule has 84 valence electrons. The van der Waals surface area contributed by atoms with Gasteiger partial charge in [-0.25, -0.2) is 0 Å². The van der Waals surface area contributed by atoms with Gasteiger partial charge in [-0.3, -0.25) is 0 Å². The highest BCUT2D eigenvalue weighted by molar-refractivity contribution is 4.73. The molecule has 1 saturated carbocycles. The third-order valence-electron chi connectivity index (χ3n) is 3.44. The van der Waals surface area contributed by atoms with Crippen LogP contribution in [0.15, 0.2) is 0 Å². The summed E-state index contributed by atoms with van der Waals surface area (Å²) in [5.41, 5.74) is 5.99. The summed E-state index contributed by atoms with van der Waals surface area (Å²) in [6.07, 6.45) is 6.96. The molecule has 0 atom stereocenters. The van der Waals surface area contributed by atoms with Crippen LogP contribution in [0, 0.1) is 11.3 Å². The first-order chi connectivity index (χ1) is 6.64. The minimum atomic E-state index is 0.308. The van der Waals surface area contributed by atoms with Gasteiger partial charge in [0.2, 0.25) is 0 Å². The van der Waals surface area contributed by atoms with Crippen LogP contribution < -0.4 is 11.1 Å². The van der Waals surface area contributed by atoms with Gasteiger partial charge in [0.1, 0.15) is 0 Å². The molecule has 0 bridgehead atoms. The predicted molar refractivity (Wildman–Crippen MR) is 62.3 cm³/mol. The van der Waals surface area contributed by atoms with Gasteiger partial charge in [0.25, 0.3) is 0 Å². The van der Waals surface area contributed by atoms with Gasteiger partial charge in [-0.15, -0.1) is 0 Å². The molecule has 0 aromatic carbocycles. The SMILES string of the molecule is CC(C)(CN)CCNCC1CCCC1. The topological polar surface area (TPSA) is 38.0 Å². The fourth-order valence-corrected chi connectivity index (χ4v) is 2.05. The summed E-state index contributed by atoms with van der Waals surface area (Å²) in [5, 5.41) is 3.56. The van der Waals surface area contributed by atoms with E-state index in [9.17, 15) is 0 Å². The molecule has 0 amide bonds. The van der Waals surface area contributed by atoms with E-state index < -0.39 is 0 Å². The molecule has 2 heteroatoms. The van der Waals surface area contributed by atoms with E-state index in [1.54, 1.807) is 0 Å². The molecule has 1 aliphatic rings. The van der Waals surface area contributed by atoms with Crippen molar-refractivity contribution in [2.75, 3.05) is 19.6 Å². The molecular weight excluding hydrogens is 172 g/mol. The Labute approximate surface area is 88.6 Å². The summed E-state index contributed by atoms with van der Waals surface area (Å²) in [5.74, 6) is 0.955. The van der Waals surface area contributed by atoms with E-state index in [2.05, 4.69) is 19.2 Å². The number of nitrogens with two attached hydrogens (primary N) is 1. The second kappa shape index (κ2) is 5.72. The normalized spacial score (nSPS) is 19.1. The maximum absolute atomic E-state index is 5.68. The molecule has 1 aliphatic carbocycles. The Morgan fingerprint density at radius 3 is 2.50 bits per heavy atom. The highest BCUT2D eigenvalue weighted by Crippen LogP contribution is 2.24. The number of hydrogen-bond donors (Lipinski definition) is 2. The zero-order chi connectivity index (χ0) is 10.4. The molecule has 0 heterocycles. The Bertz CT molecular complexity index is 148. The van der Waals surface area contributed by atoms with E-state index in [1.165, 1.54) is 38.6 Å². The maximum Gasteiger partial charge on any atom is -0.00205 e. The Morgan fingerprint density at radius 1 is 1.29 bits per heavy atom. The van der Waals surface area contributed by atoms with E-state index in [-0.39, 0.29) is 0 Å². The molecular formula is C12H26N2. The monoisotopic (exact) mass is 198 g/mol. The van der Waals surface area contributed by atoms with Crippen molar-refractivity contribution in [1.82, 2.24) is 5.32 Å². The molecule has 2 nitrogen and oxygen atoms in total. The second-order valence-electron chi connectivity index (χ2n) is 5.47. The lowest BCUT2D eigenvalue weighted by Gasteiger charge is -2.22. The lowest BCUT2D eigenvalue weighted by molar-refractivity contribution is 0.333. The van der Waals surface area contributed by atoms with Crippen molar-refractivity contribution in [3.05, 3.63) is 0 Å². The van der Waals surface area contributed by atoms with Gasteiger partial charge < -0.3 is 11.1 Å². The molecule has 0 aromatic rings. The minimum absolute atomic E-state index is 0.308. The van der Waals surface area contributed by atoms with E-state index in [0.29, 0.717) is 5.41 Å². The van der Waals surface area contributed by atoms with Crippen molar-refractivity contribution in [2.45, 2.75) is 46.0 Å².